The van der Waals surface area contributed by atoms with Crippen LogP contribution in [-0.2, 0) is 87.2 Å². The third kappa shape index (κ3) is 2250. The van der Waals surface area contributed by atoms with E-state index in [1.54, 1.807) is 0 Å². The summed E-state index contributed by atoms with van der Waals surface area (Å²) in [7, 11) is 0. The fourth-order valence-electron chi connectivity index (χ4n) is 0. The van der Waals surface area contributed by atoms with Gasteiger partial charge < -0.3 is 59.4 Å². The molecule has 0 aliphatic carbocycles. The number of carboxylic acid groups (broad SMARTS) is 6. The molecule has 0 bridgehead atoms. The molecule has 0 aliphatic heterocycles. The summed E-state index contributed by atoms with van der Waals surface area (Å²) in [6, 6.07) is 0. The van der Waals surface area contributed by atoms with Crippen molar-refractivity contribution in [2.24, 2.45) is 0 Å². The molecule has 0 N–H and O–H groups in total. The van der Waals surface area contributed by atoms with Crippen LogP contribution in [0.1, 0.15) is 54.4 Å². The van der Waals surface area contributed by atoms with Gasteiger partial charge in [-0.25, -0.2) is 0 Å². The van der Waals surface area contributed by atoms with Crippen molar-refractivity contribution >= 4 is 35.8 Å². The van der Waals surface area contributed by atoms with Gasteiger partial charge in [-0.2, -0.15) is 0 Å². The minimum Gasteiger partial charge on any atom is -0.550 e. The van der Waals surface area contributed by atoms with Gasteiger partial charge >= 0.3 is 58.4 Å². The topological polar surface area (TPSA) is 241 Å². The summed E-state index contributed by atoms with van der Waals surface area (Å²) < 4.78 is 0. The number of hydrogen-bond acceptors (Lipinski definition) is 12. The van der Waals surface area contributed by atoms with Gasteiger partial charge in [-0.05, 0) is 40.5 Å². The Hall–Kier alpha value is -1.31. The van der Waals surface area contributed by atoms with Crippen LogP contribution in [0.2, 0.25) is 0 Å². The molecular weight excluding hydrogens is 556 g/mol. The zero-order valence-electron chi connectivity index (χ0n) is 17.4. The van der Waals surface area contributed by atoms with Crippen LogP contribution >= 0.6 is 0 Å². The van der Waals surface area contributed by atoms with Crippen LogP contribution in [0.25, 0.3) is 0 Å². The molecule has 0 saturated carbocycles. The zero-order valence-corrected chi connectivity index (χ0v) is 26.3. The quantitative estimate of drug-likeness (QED) is 0.278. The maximum Gasteiger partial charge on any atom is 2.00 e. The van der Waals surface area contributed by atoms with E-state index in [0.29, 0.717) is 0 Å². The van der Waals surface area contributed by atoms with E-state index in [1.807, 2.05) is 0 Å². The number of aliphatic carboxylic acids is 6. The molecule has 0 amide bonds. The van der Waals surface area contributed by atoms with E-state index in [2.05, 4.69) is 0 Å². The van der Waals surface area contributed by atoms with Crippen LogP contribution in [0.15, 0.2) is 0 Å². The van der Waals surface area contributed by atoms with Gasteiger partial charge in [-0.3, -0.25) is 0 Å². The Morgan fingerprint density at radius 3 is 0.483 bits per heavy atom. The molecule has 0 heterocycles. The van der Waals surface area contributed by atoms with Crippen molar-refractivity contribution in [3.8, 4) is 0 Å². The van der Waals surface area contributed by atoms with Crippen LogP contribution < -0.4 is 30.6 Å². The molecule has 0 aromatic heterocycles. The molecule has 156 valence electrons. The van der Waals surface area contributed by atoms with Gasteiger partial charge in [0.1, 0.15) is 0 Å². The number of carbonyl (C=O) groups excluding carboxylic acids is 6. The van der Waals surface area contributed by atoms with E-state index in [1.165, 1.54) is 13.8 Å². The zero-order chi connectivity index (χ0) is 22.9. The Labute approximate surface area is 207 Å². The van der Waals surface area contributed by atoms with Crippen molar-refractivity contribution in [2.75, 3.05) is 0 Å². The molecule has 0 radical (unpaired) electrons. The van der Waals surface area contributed by atoms with Crippen LogP contribution in [0, 0.1) is 0 Å². The van der Waals surface area contributed by atoms with Crippen molar-refractivity contribution in [1.82, 2.24) is 0 Å². The van der Waals surface area contributed by atoms with Crippen molar-refractivity contribution in [3.05, 3.63) is 0 Å². The van der Waals surface area contributed by atoms with Gasteiger partial charge in [0.25, 0.3) is 0 Å². The van der Waals surface area contributed by atoms with Gasteiger partial charge in [-0.1, -0.05) is 13.8 Å². The molecule has 0 rings (SSSR count). The monoisotopic (exact) mass is 574 g/mol. The Balaban J connectivity index is -0.0000000232. The molecule has 0 spiro atoms. The molecule has 29 heavy (non-hydrogen) atoms. The summed E-state index contributed by atoms with van der Waals surface area (Å²) in [6.07, 6.45) is 0.222. The molecule has 0 aromatic carbocycles. The maximum absolute atomic E-state index is 9.26. The largest absolute Gasteiger partial charge is 2.00 e. The minimum atomic E-state index is -1.08. The first kappa shape index (κ1) is 56.5. The Kier molecular flexibility index (Phi) is 98.2. The number of hydrogen-bond donors (Lipinski definition) is 0. The Morgan fingerprint density at radius 1 is 0.448 bits per heavy atom. The summed E-state index contributed by atoms with van der Waals surface area (Å²) in [5.74, 6) is -6.32. The van der Waals surface area contributed by atoms with Crippen molar-refractivity contribution in [3.63, 3.8) is 0 Å². The van der Waals surface area contributed by atoms with E-state index < -0.39 is 35.8 Å². The third-order valence-electron chi connectivity index (χ3n) is 0.577. The second kappa shape index (κ2) is 50.4. The molecule has 0 atom stereocenters. The molecular formula is C14H22O12Zn3. The van der Waals surface area contributed by atoms with Gasteiger partial charge in [0.2, 0.25) is 0 Å². The molecule has 12 nitrogen and oxygen atoms in total. The number of rotatable bonds is 2. The second-order valence-electron chi connectivity index (χ2n) is 3.42. The van der Waals surface area contributed by atoms with Gasteiger partial charge in [0, 0.05) is 35.8 Å². The Bertz CT molecular complexity index is 337. The van der Waals surface area contributed by atoms with Crippen molar-refractivity contribution < 1.29 is 118 Å². The summed E-state index contributed by atoms with van der Waals surface area (Å²) in [6.45, 7) is 6.96. The fraction of sp³-hybridized carbons (Fsp3) is 0.571. The number of carboxylic acids is 6. The standard InChI is InChI=1S/2C3H6O2.4C2H4O2.3Zn/c2*1-2-3(4)5;4*1-2(3)4;;;/h2*2H2,1H3,(H,4,5);4*1H3,(H,3,4);;;/q;;;;;;3*+2/p-6. The van der Waals surface area contributed by atoms with Crippen LogP contribution in [0.3, 0.4) is 0 Å². The predicted molar refractivity (Wildman–Crippen MR) is 73.3 cm³/mol. The average Bonchev–Trinajstić information content (AvgIpc) is 2.36. The fourth-order valence-corrected chi connectivity index (χ4v) is 0. The van der Waals surface area contributed by atoms with E-state index in [-0.39, 0.29) is 71.3 Å². The minimum absolute atomic E-state index is 0. The predicted octanol–water partition coefficient (Wildman–Crippen LogP) is -6.69. The molecule has 0 aliphatic rings. The van der Waals surface area contributed by atoms with E-state index in [4.69, 9.17) is 39.6 Å². The molecule has 15 heteroatoms. The average molecular weight is 578 g/mol. The molecule has 0 aromatic rings. The molecule has 0 saturated heterocycles. The normalized spacial score (nSPS) is 6.00. The van der Waals surface area contributed by atoms with Gasteiger partial charge in [-0.15, -0.1) is 0 Å². The summed E-state index contributed by atoms with van der Waals surface area (Å²) >= 11 is 0. The molecule has 0 fully saturated rings. The number of carbonyl (C=O) groups is 6. The second-order valence-corrected chi connectivity index (χ2v) is 3.42. The van der Waals surface area contributed by atoms with Crippen LogP contribution in [-0.4, -0.2) is 35.8 Å². The first-order chi connectivity index (χ1) is 11.5. The van der Waals surface area contributed by atoms with E-state index in [9.17, 15) is 19.8 Å². The van der Waals surface area contributed by atoms with Gasteiger partial charge in [0.15, 0.2) is 0 Å². The summed E-state index contributed by atoms with van der Waals surface area (Å²) in [5.41, 5.74) is 0. The van der Waals surface area contributed by atoms with Crippen LogP contribution in [0.4, 0.5) is 0 Å². The first-order valence-corrected chi connectivity index (χ1v) is 6.57. The van der Waals surface area contributed by atoms with E-state index >= 15 is 0 Å². The summed E-state index contributed by atoms with van der Waals surface area (Å²) in [5, 5.41) is 54.1. The first-order valence-electron chi connectivity index (χ1n) is 6.57. The smallest absolute Gasteiger partial charge is 0.550 e. The Morgan fingerprint density at radius 2 is 0.483 bits per heavy atom. The SMILES string of the molecule is CC(=O)[O-].CC(=O)[O-].CC(=O)[O-].CC(=O)[O-].CCC(=O)[O-].CCC(=O)[O-].[Zn+2].[Zn+2].[Zn+2]. The van der Waals surface area contributed by atoms with Gasteiger partial charge in [0.05, 0.1) is 0 Å². The maximum atomic E-state index is 9.26. The van der Waals surface area contributed by atoms with Crippen LogP contribution in [0.5, 0.6) is 0 Å². The summed E-state index contributed by atoms with van der Waals surface area (Å²) in [4.78, 5) is 54.1. The third-order valence-corrected chi connectivity index (χ3v) is 0.577. The van der Waals surface area contributed by atoms with E-state index in [0.717, 1.165) is 27.7 Å². The van der Waals surface area contributed by atoms with Crippen molar-refractivity contribution in [1.29, 1.82) is 0 Å². The van der Waals surface area contributed by atoms with Crippen molar-refractivity contribution in [2.45, 2.75) is 54.4 Å². The molecule has 0 unspecified atom stereocenters.